The standard InChI is InChI=1S/C20H18BrN3O2/c21-13-5-3-6-14(11-13)22-19(25)12-24-18-10-2-1-8-17(18)23-16-9-4-7-15(16)20(24)26/h1-3,5-6,8,10-11,15H,4,7,9,12H2,(H,22,25)/t15-/m1/s1. The van der Waals surface area contributed by atoms with E-state index in [0.717, 1.165) is 35.1 Å². The van der Waals surface area contributed by atoms with Gasteiger partial charge in [0.05, 0.1) is 17.3 Å². The summed E-state index contributed by atoms with van der Waals surface area (Å²) >= 11 is 3.39. The zero-order valence-corrected chi connectivity index (χ0v) is 15.7. The summed E-state index contributed by atoms with van der Waals surface area (Å²) in [6, 6.07) is 14.9. The highest BCUT2D eigenvalue weighted by molar-refractivity contribution is 9.10. The summed E-state index contributed by atoms with van der Waals surface area (Å²) in [5.74, 6) is -0.468. The summed E-state index contributed by atoms with van der Waals surface area (Å²) in [6.45, 7) is -0.0261. The number of carbonyl (C=O) groups is 2. The molecule has 0 aromatic heterocycles. The van der Waals surface area contributed by atoms with E-state index in [2.05, 4.69) is 21.2 Å². The van der Waals surface area contributed by atoms with Gasteiger partial charge in [0, 0.05) is 15.9 Å². The van der Waals surface area contributed by atoms with E-state index >= 15 is 0 Å². The molecule has 2 aromatic rings. The summed E-state index contributed by atoms with van der Waals surface area (Å²) in [6.07, 6.45) is 2.62. The number of carbonyl (C=O) groups excluding carboxylic acids is 2. The molecule has 1 aliphatic heterocycles. The van der Waals surface area contributed by atoms with Crippen LogP contribution in [0.15, 0.2) is 58.0 Å². The fourth-order valence-electron chi connectivity index (χ4n) is 3.55. The van der Waals surface area contributed by atoms with E-state index in [0.29, 0.717) is 11.4 Å². The third-order valence-electron chi connectivity index (χ3n) is 4.74. The number of nitrogens with zero attached hydrogens (tertiary/aromatic N) is 2. The van der Waals surface area contributed by atoms with Gasteiger partial charge >= 0.3 is 0 Å². The minimum Gasteiger partial charge on any atom is -0.324 e. The summed E-state index contributed by atoms with van der Waals surface area (Å²) in [4.78, 5) is 32.0. The third kappa shape index (κ3) is 3.29. The number of hydrogen-bond acceptors (Lipinski definition) is 3. The molecule has 0 saturated heterocycles. The highest BCUT2D eigenvalue weighted by atomic mass is 79.9. The Morgan fingerprint density at radius 3 is 2.92 bits per heavy atom. The van der Waals surface area contributed by atoms with Gasteiger partial charge in [0.15, 0.2) is 0 Å². The van der Waals surface area contributed by atoms with Crippen molar-refractivity contribution in [2.24, 2.45) is 10.9 Å². The summed E-state index contributed by atoms with van der Waals surface area (Å²) in [7, 11) is 0. The van der Waals surface area contributed by atoms with Gasteiger partial charge in [0.25, 0.3) is 0 Å². The number of nitrogens with one attached hydrogen (secondary N) is 1. The van der Waals surface area contributed by atoms with Crippen LogP contribution in [0, 0.1) is 5.92 Å². The predicted molar refractivity (Wildman–Crippen MR) is 106 cm³/mol. The lowest BCUT2D eigenvalue weighted by Crippen LogP contribution is -2.41. The monoisotopic (exact) mass is 411 g/mol. The summed E-state index contributed by atoms with van der Waals surface area (Å²) in [5.41, 5.74) is 3.09. The molecular weight excluding hydrogens is 394 g/mol. The molecule has 5 nitrogen and oxygen atoms in total. The number of anilines is 2. The smallest absolute Gasteiger partial charge is 0.244 e. The summed E-state index contributed by atoms with van der Waals surface area (Å²) in [5, 5.41) is 2.86. The van der Waals surface area contributed by atoms with Crippen molar-refractivity contribution in [3.8, 4) is 0 Å². The van der Waals surface area contributed by atoms with E-state index in [1.807, 2.05) is 48.5 Å². The lowest BCUT2D eigenvalue weighted by molar-refractivity contribution is -0.122. The van der Waals surface area contributed by atoms with Crippen molar-refractivity contribution in [3.05, 3.63) is 53.0 Å². The minimum absolute atomic E-state index is 0.0261. The molecular formula is C20H18BrN3O2. The SMILES string of the molecule is O=C(CN1C(=O)[C@@H]2CCCC2=Nc2ccccc21)Nc1cccc(Br)c1. The number of fused-ring (bicyclic) bond motifs is 2. The number of aliphatic imine (C=N–C) groups is 1. The Morgan fingerprint density at radius 1 is 1.23 bits per heavy atom. The molecule has 0 spiro atoms. The topological polar surface area (TPSA) is 61.8 Å². The normalized spacial score (nSPS) is 18.7. The Morgan fingerprint density at radius 2 is 2.08 bits per heavy atom. The fourth-order valence-corrected chi connectivity index (χ4v) is 3.95. The number of benzene rings is 2. The van der Waals surface area contributed by atoms with Gasteiger partial charge in [-0.15, -0.1) is 0 Å². The van der Waals surface area contributed by atoms with E-state index < -0.39 is 0 Å². The molecule has 4 rings (SSSR count). The van der Waals surface area contributed by atoms with Gasteiger partial charge < -0.3 is 10.2 Å². The highest BCUT2D eigenvalue weighted by Gasteiger charge is 2.36. The number of amides is 2. The first-order valence-electron chi connectivity index (χ1n) is 8.65. The lowest BCUT2D eigenvalue weighted by Gasteiger charge is -2.24. The van der Waals surface area contributed by atoms with Gasteiger partial charge in [0.2, 0.25) is 11.8 Å². The Bertz CT molecular complexity index is 909. The zero-order valence-electron chi connectivity index (χ0n) is 14.1. The van der Waals surface area contributed by atoms with Crippen LogP contribution in [0.3, 0.4) is 0 Å². The molecule has 132 valence electrons. The Labute approximate surface area is 160 Å². The largest absolute Gasteiger partial charge is 0.324 e. The van der Waals surface area contributed by atoms with E-state index in [9.17, 15) is 9.59 Å². The second-order valence-corrected chi connectivity index (χ2v) is 7.44. The van der Waals surface area contributed by atoms with Gasteiger partial charge in [0.1, 0.15) is 6.54 Å². The number of rotatable bonds is 3. The fraction of sp³-hybridized carbons (Fsp3) is 0.250. The molecule has 26 heavy (non-hydrogen) atoms. The van der Waals surface area contributed by atoms with Crippen LogP contribution in [-0.4, -0.2) is 24.1 Å². The van der Waals surface area contributed by atoms with Gasteiger partial charge in [-0.3, -0.25) is 14.6 Å². The molecule has 1 aliphatic carbocycles. The molecule has 2 amide bonds. The first kappa shape index (κ1) is 17.0. The molecule has 0 unspecified atom stereocenters. The van der Waals surface area contributed by atoms with Crippen molar-refractivity contribution in [3.63, 3.8) is 0 Å². The van der Waals surface area contributed by atoms with Crippen molar-refractivity contribution in [1.29, 1.82) is 0 Å². The molecule has 0 bridgehead atoms. The second-order valence-electron chi connectivity index (χ2n) is 6.52. The molecule has 2 aliphatic rings. The third-order valence-corrected chi connectivity index (χ3v) is 5.23. The van der Waals surface area contributed by atoms with E-state index in [1.165, 1.54) is 0 Å². The molecule has 1 saturated carbocycles. The highest BCUT2D eigenvalue weighted by Crippen LogP contribution is 2.37. The Balaban J connectivity index is 1.61. The van der Waals surface area contributed by atoms with Crippen LogP contribution >= 0.6 is 15.9 Å². The van der Waals surface area contributed by atoms with Gasteiger partial charge in [-0.25, -0.2) is 0 Å². The molecule has 1 heterocycles. The number of para-hydroxylation sites is 2. The Kier molecular flexibility index (Phi) is 4.59. The van der Waals surface area contributed by atoms with Crippen LogP contribution in [0.1, 0.15) is 19.3 Å². The minimum atomic E-state index is -0.229. The van der Waals surface area contributed by atoms with Crippen molar-refractivity contribution >= 4 is 50.5 Å². The van der Waals surface area contributed by atoms with Crippen LogP contribution in [0.25, 0.3) is 0 Å². The average Bonchev–Trinajstić information content (AvgIpc) is 3.04. The molecule has 2 aromatic carbocycles. The van der Waals surface area contributed by atoms with Gasteiger partial charge in [-0.05, 0) is 49.6 Å². The van der Waals surface area contributed by atoms with Crippen LogP contribution in [0.2, 0.25) is 0 Å². The number of hydrogen-bond donors (Lipinski definition) is 1. The van der Waals surface area contributed by atoms with Crippen molar-refractivity contribution in [2.45, 2.75) is 19.3 Å². The summed E-state index contributed by atoms with van der Waals surface area (Å²) < 4.78 is 0.885. The van der Waals surface area contributed by atoms with Crippen LogP contribution in [-0.2, 0) is 9.59 Å². The average molecular weight is 412 g/mol. The van der Waals surface area contributed by atoms with Crippen LogP contribution < -0.4 is 10.2 Å². The quantitative estimate of drug-likeness (QED) is 0.817. The van der Waals surface area contributed by atoms with Gasteiger partial charge in [-0.2, -0.15) is 0 Å². The van der Waals surface area contributed by atoms with E-state index in [4.69, 9.17) is 4.99 Å². The van der Waals surface area contributed by atoms with Crippen molar-refractivity contribution in [1.82, 2.24) is 0 Å². The molecule has 1 fully saturated rings. The van der Waals surface area contributed by atoms with Gasteiger partial charge in [-0.1, -0.05) is 34.1 Å². The van der Waals surface area contributed by atoms with Crippen molar-refractivity contribution in [2.75, 3.05) is 16.8 Å². The first-order chi connectivity index (χ1) is 12.6. The molecule has 1 atom stereocenters. The number of halogens is 1. The lowest BCUT2D eigenvalue weighted by atomic mass is 10.1. The van der Waals surface area contributed by atoms with Crippen LogP contribution in [0.4, 0.5) is 17.1 Å². The van der Waals surface area contributed by atoms with E-state index in [-0.39, 0.29) is 24.3 Å². The predicted octanol–water partition coefficient (Wildman–Crippen LogP) is 4.31. The molecule has 1 N–H and O–H groups in total. The second kappa shape index (κ2) is 7.03. The maximum absolute atomic E-state index is 13.1. The first-order valence-corrected chi connectivity index (χ1v) is 9.44. The van der Waals surface area contributed by atoms with Crippen molar-refractivity contribution < 1.29 is 9.59 Å². The Hall–Kier alpha value is -2.47. The zero-order chi connectivity index (χ0) is 18.1. The van der Waals surface area contributed by atoms with Crippen LogP contribution in [0.5, 0.6) is 0 Å². The molecule has 0 radical (unpaired) electrons. The maximum Gasteiger partial charge on any atom is 0.244 e. The van der Waals surface area contributed by atoms with E-state index in [1.54, 1.807) is 4.90 Å². The maximum atomic E-state index is 13.1. The molecule has 6 heteroatoms.